The first kappa shape index (κ1) is 25.6. The summed E-state index contributed by atoms with van der Waals surface area (Å²) in [5.74, 6) is -0.597. The Bertz CT molecular complexity index is 1140. The minimum atomic E-state index is -4.56. The molecule has 0 heterocycles. The Hall–Kier alpha value is -2.97. The van der Waals surface area contributed by atoms with Gasteiger partial charge in [0.05, 0.1) is 16.3 Å². The van der Waals surface area contributed by atoms with Gasteiger partial charge in [-0.05, 0) is 54.4 Å². The highest BCUT2D eigenvalue weighted by molar-refractivity contribution is 8.00. The molecule has 3 aromatic carbocycles. The van der Waals surface area contributed by atoms with Crippen LogP contribution in [0, 0.1) is 0 Å². The quantitative estimate of drug-likeness (QED) is 0.310. The summed E-state index contributed by atoms with van der Waals surface area (Å²) in [6, 6.07) is 18.7. The van der Waals surface area contributed by atoms with E-state index in [2.05, 4.69) is 10.6 Å². The maximum absolute atomic E-state index is 13.2. The van der Waals surface area contributed by atoms with Crippen LogP contribution in [0.1, 0.15) is 36.1 Å². The van der Waals surface area contributed by atoms with Gasteiger partial charge in [0.2, 0.25) is 11.8 Å². The molecule has 0 bridgehead atoms. The van der Waals surface area contributed by atoms with Crippen LogP contribution in [0.3, 0.4) is 0 Å². The summed E-state index contributed by atoms with van der Waals surface area (Å²) >= 11 is 7.29. The highest BCUT2D eigenvalue weighted by Crippen LogP contribution is 2.38. The van der Waals surface area contributed by atoms with Crippen LogP contribution in [0.2, 0.25) is 5.02 Å². The summed E-state index contributed by atoms with van der Waals surface area (Å²) in [7, 11) is 0. The summed E-state index contributed by atoms with van der Waals surface area (Å²) in [6.45, 7) is 1.92. The van der Waals surface area contributed by atoms with E-state index in [1.165, 1.54) is 11.8 Å². The topological polar surface area (TPSA) is 58.2 Å². The van der Waals surface area contributed by atoms with E-state index in [9.17, 15) is 22.8 Å². The molecule has 0 spiro atoms. The number of benzene rings is 3. The van der Waals surface area contributed by atoms with E-state index in [1.54, 1.807) is 54.6 Å². The number of amides is 2. The number of carbonyl (C=O) groups excluding carboxylic acids is 2. The van der Waals surface area contributed by atoms with Gasteiger partial charge in [0, 0.05) is 17.0 Å². The van der Waals surface area contributed by atoms with Gasteiger partial charge in [-0.1, -0.05) is 48.9 Å². The molecule has 2 N–H and O–H groups in total. The molecule has 1 atom stereocenters. The minimum absolute atomic E-state index is 0.00494. The van der Waals surface area contributed by atoms with Gasteiger partial charge in [0.1, 0.15) is 5.25 Å². The fourth-order valence-electron chi connectivity index (χ4n) is 3.10. The largest absolute Gasteiger partial charge is 0.416 e. The molecule has 0 aliphatic rings. The average Bonchev–Trinajstić information content (AvgIpc) is 2.80. The Morgan fingerprint density at radius 3 is 2.26 bits per heavy atom. The van der Waals surface area contributed by atoms with E-state index >= 15 is 0 Å². The van der Waals surface area contributed by atoms with E-state index in [1.807, 2.05) is 6.92 Å². The number of carbonyl (C=O) groups is 2. The summed E-state index contributed by atoms with van der Waals surface area (Å²) in [5, 5.41) is 4.59. The van der Waals surface area contributed by atoms with Crippen molar-refractivity contribution in [3.05, 3.63) is 88.9 Å². The lowest BCUT2D eigenvalue weighted by molar-refractivity contribution is -0.137. The number of hydrogen-bond acceptors (Lipinski definition) is 3. The van der Waals surface area contributed by atoms with E-state index in [0.717, 1.165) is 29.5 Å². The molecule has 0 aromatic heterocycles. The molecule has 0 saturated heterocycles. The van der Waals surface area contributed by atoms with Gasteiger partial charge in [-0.2, -0.15) is 13.2 Å². The van der Waals surface area contributed by atoms with Gasteiger partial charge in [-0.25, -0.2) is 0 Å². The number of anilines is 2. The number of alkyl halides is 3. The van der Waals surface area contributed by atoms with E-state index in [4.69, 9.17) is 11.6 Å². The zero-order chi connectivity index (χ0) is 24.7. The van der Waals surface area contributed by atoms with Crippen LogP contribution >= 0.6 is 23.4 Å². The lowest BCUT2D eigenvalue weighted by Crippen LogP contribution is -2.19. The predicted octanol–water partition coefficient (Wildman–Crippen LogP) is 7.57. The third kappa shape index (κ3) is 7.01. The van der Waals surface area contributed by atoms with Gasteiger partial charge < -0.3 is 10.6 Å². The second-order valence-corrected chi connectivity index (χ2v) is 9.00. The van der Waals surface area contributed by atoms with Crippen LogP contribution < -0.4 is 10.6 Å². The molecule has 2 amide bonds. The van der Waals surface area contributed by atoms with Crippen LogP contribution in [0.5, 0.6) is 0 Å². The highest BCUT2D eigenvalue weighted by atomic mass is 35.5. The molecule has 3 rings (SSSR count). The summed E-state index contributed by atoms with van der Waals surface area (Å²) in [4.78, 5) is 25.7. The molecule has 0 aliphatic carbocycles. The van der Waals surface area contributed by atoms with Crippen molar-refractivity contribution in [3.8, 4) is 0 Å². The van der Waals surface area contributed by atoms with Crippen molar-refractivity contribution in [1.29, 1.82) is 0 Å². The standard InChI is InChI=1S/C25H22ClF3N2O2S/c1-2-6-22(32)30-18-10-12-19(13-11-18)34-23(16-7-4-3-5-8-16)24(33)31-21-15-17(25(27,28)29)9-14-20(21)26/h3-5,7-15,23H,2,6H2,1H3,(H,30,32)(H,31,33). The zero-order valence-electron chi connectivity index (χ0n) is 18.2. The predicted molar refractivity (Wildman–Crippen MR) is 130 cm³/mol. The SMILES string of the molecule is CCCC(=O)Nc1ccc(SC(C(=O)Nc2cc(C(F)(F)F)ccc2Cl)c2ccccc2)cc1. The molecule has 0 radical (unpaired) electrons. The molecule has 3 aromatic rings. The Morgan fingerprint density at radius 1 is 0.971 bits per heavy atom. The molecular weight excluding hydrogens is 485 g/mol. The van der Waals surface area contributed by atoms with Gasteiger partial charge >= 0.3 is 6.18 Å². The highest BCUT2D eigenvalue weighted by Gasteiger charge is 2.31. The lowest BCUT2D eigenvalue weighted by atomic mass is 10.1. The molecule has 9 heteroatoms. The van der Waals surface area contributed by atoms with Crippen molar-refractivity contribution < 1.29 is 22.8 Å². The molecule has 0 fully saturated rings. The van der Waals surface area contributed by atoms with Crippen LogP contribution in [0.15, 0.2) is 77.7 Å². The fraction of sp³-hybridized carbons (Fsp3) is 0.200. The molecule has 0 saturated carbocycles. The van der Waals surface area contributed by atoms with Crippen molar-refractivity contribution in [2.24, 2.45) is 0 Å². The Labute approximate surface area is 204 Å². The van der Waals surface area contributed by atoms with Gasteiger partial charge in [-0.15, -0.1) is 11.8 Å². The number of rotatable bonds is 8. The van der Waals surface area contributed by atoms with Crippen LogP contribution in [0.4, 0.5) is 24.5 Å². The number of nitrogens with one attached hydrogen (secondary N) is 2. The molecule has 34 heavy (non-hydrogen) atoms. The molecular formula is C25H22ClF3N2O2S. The number of thioether (sulfide) groups is 1. The summed E-state index contributed by atoms with van der Waals surface area (Å²) in [6.07, 6.45) is -3.40. The monoisotopic (exact) mass is 506 g/mol. The van der Waals surface area contributed by atoms with Crippen LogP contribution in [-0.2, 0) is 15.8 Å². The van der Waals surface area contributed by atoms with Crippen molar-refractivity contribution in [1.82, 2.24) is 0 Å². The average molecular weight is 507 g/mol. The first-order chi connectivity index (χ1) is 16.2. The zero-order valence-corrected chi connectivity index (χ0v) is 19.7. The second kappa shape index (κ2) is 11.4. The number of hydrogen-bond donors (Lipinski definition) is 2. The third-order valence-electron chi connectivity index (χ3n) is 4.76. The van der Waals surface area contributed by atoms with Gasteiger partial charge in [-0.3, -0.25) is 9.59 Å². The molecule has 4 nitrogen and oxygen atoms in total. The Morgan fingerprint density at radius 2 is 1.65 bits per heavy atom. The normalized spacial score (nSPS) is 12.1. The van der Waals surface area contributed by atoms with E-state index in [-0.39, 0.29) is 16.6 Å². The first-order valence-corrected chi connectivity index (χ1v) is 11.7. The van der Waals surface area contributed by atoms with Crippen LogP contribution in [-0.4, -0.2) is 11.8 Å². The second-order valence-electron chi connectivity index (χ2n) is 7.41. The fourth-order valence-corrected chi connectivity index (χ4v) is 4.29. The maximum atomic E-state index is 13.2. The van der Waals surface area contributed by atoms with Crippen molar-refractivity contribution in [3.63, 3.8) is 0 Å². The Kier molecular flexibility index (Phi) is 8.63. The maximum Gasteiger partial charge on any atom is 0.416 e. The van der Waals surface area contributed by atoms with E-state index < -0.39 is 22.9 Å². The van der Waals surface area contributed by atoms with Gasteiger partial charge in [0.15, 0.2) is 0 Å². The Balaban J connectivity index is 1.82. The van der Waals surface area contributed by atoms with Crippen LogP contribution in [0.25, 0.3) is 0 Å². The summed E-state index contributed by atoms with van der Waals surface area (Å²) < 4.78 is 39.3. The molecule has 1 unspecified atom stereocenters. The van der Waals surface area contributed by atoms with Crippen molar-refractivity contribution >= 4 is 46.6 Å². The third-order valence-corrected chi connectivity index (χ3v) is 6.36. The molecule has 0 aliphatic heterocycles. The minimum Gasteiger partial charge on any atom is -0.326 e. The first-order valence-electron chi connectivity index (χ1n) is 10.5. The van der Waals surface area contributed by atoms with E-state index in [0.29, 0.717) is 17.7 Å². The number of halogens is 4. The lowest BCUT2D eigenvalue weighted by Gasteiger charge is -2.18. The smallest absolute Gasteiger partial charge is 0.326 e. The van der Waals surface area contributed by atoms with Crippen molar-refractivity contribution in [2.75, 3.05) is 10.6 Å². The summed E-state index contributed by atoms with van der Waals surface area (Å²) in [5.41, 5.74) is 0.293. The van der Waals surface area contributed by atoms with Crippen molar-refractivity contribution in [2.45, 2.75) is 36.1 Å². The van der Waals surface area contributed by atoms with Gasteiger partial charge in [0.25, 0.3) is 0 Å². The molecule has 178 valence electrons.